The second kappa shape index (κ2) is 43.0. The molecule has 0 aromatic heterocycles. The molecule has 2 atom stereocenters. The van der Waals surface area contributed by atoms with Crippen LogP contribution >= 0.6 is 7.82 Å². The molecule has 0 saturated carbocycles. The number of carbonyl (C=O) groups is 1. The molecule has 0 bridgehead atoms. The molecule has 0 saturated heterocycles. The standard InChI is InChI=1S/C45H88NO7P/c1-3-5-7-9-11-13-15-17-19-21-22-23-24-26-28-30-32-34-36-38-45(47)51-42-44(43-53-54(48,49)52-41-39-46)50-40-37-35-33-31-29-27-25-20-18-16-14-12-10-8-6-4-2/h17,19,37,40,44H,3-16,18,20-36,38-39,41-43,46H2,1-2H3,(H,48,49)/t44-/m1/s1. The molecule has 8 nitrogen and oxygen atoms in total. The number of phosphoric ester groups is 1. The van der Waals surface area contributed by atoms with E-state index in [1.807, 2.05) is 6.08 Å². The van der Waals surface area contributed by atoms with Gasteiger partial charge >= 0.3 is 13.8 Å². The number of ether oxygens (including phenoxy) is 2. The van der Waals surface area contributed by atoms with E-state index in [9.17, 15) is 14.3 Å². The Hall–Kier alpha value is -1.18. The number of allylic oxidation sites excluding steroid dienone is 3. The molecule has 0 aliphatic rings. The first-order valence-corrected chi connectivity index (χ1v) is 24.4. The molecule has 0 aromatic rings. The second-order valence-electron chi connectivity index (χ2n) is 15.3. The highest BCUT2D eigenvalue weighted by Crippen LogP contribution is 2.43. The number of carbonyl (C=O) groups excluding carboxylic acids is 1. The van der Waals surface area contributed by atoms with E-state index in [-0.39, 0.29) is 32.3 Å². The summed E-state index contributed by atoms with van der Waals surface area (Å²) in [5, 5.41) is 0. The molecule has 320 valence electrons. The van der Waals surface area contributed by atoms with Crippen LogP contribution in [-0.4, -0.2) is 43.3 Å². The van der Waals surface area contributed by atoms with E-state index in [4.69, 9.17) is 24.3 Å². The summed E-state index contributed by atoms with van der Waals surface area (Å²) in [5.74, 6) is -0.289. The number of phosphoric acid groups is 1. The second-order valence-corrected chi connectivity index (χ2v) is 16.8. The minimum Gasteiger partial charge on any atom is -0.492 e. The fraction of sp³-hybridized carbons (Fsp3) is 0.889. The summed E-state index contributed by atoms with van der Waals surface area (Å²) in [5.41, 5.74) is 5.37. The fourth-order valence-electron chi connectivity index (χ4n) is 6.51. The molecule has 0 aliphatic heterocycles. The molecule has 3 N–H and O–H groups in total. The first-order valence-electron chi connectivity index (χ1n) is 22.9. The van der Waals surface area contributed by atoms with E-state index in [1.165, 1.54) is 173 Å². The van der Waals surface area contributed by atoms with Crippen molar-refractivity contribution in [1.29, 1.82) is 0 Å². The smallest absolute Gasteiger partial charge is 0.472 e. The monoisotopic (exact) mass is 786 g/mol. The van der Waals surface area contributed by atoms with Gasteiger partial charge in [0.05, 0.1) is 19.5 Å². The van der Waals surface area contributed by atoms with Gasteiger partial charge in [-0.15, -0.1) is 0 Å². The van der Waals surface area contributed by atoms with Crippen molar-refractivity contribution >= 4 is 13.8 Å². The lowest BCUT2D eigenvalue weighted by Crippen LogP contribution is -2.25. The number of nitrogens with two attached hydrogens (primary N) is 1. The maximum atomic E-state index is 12.4. The molecule has 1 unspecified atom stereocenters. The number of esters is 1. The van der Waals surface area contributed by atoms with Crippen LogP contribution in [0.3, 0.4) is 0 Å². The largest absolute Gasteiger partial charge is 0.492 e. The quantitative estimate of drug-likeness (QED) is 0.0206. The van der Waals surface area contributed by atoms with Crippen molar-refractivity contribution in [2.75, 3.05) is 26.4 Å². The summed E-state index contributed by atoms with van der Waals surface area (Å²) in [6, 6.07) is 0. The van der Waals surface area contributed by atoms with Crippen LogP contribution in [-0.2, 0) is 27.9 Å². The number of hydrogen-bond acceptors (Lipinski definition) is 7. The Labute approximate surface area is 334 Å². The van der Waals surface area contributed by atoms with Crippen LogP contribution in [0.15, 0.2) is 24.5 Å². The Kier molecular flexibility index (Phi) is 42.0. The summed E-state index contributed by atoms with van der Waals surface area (Å²) in [4.78, 5) is 22.3. The zero-order chi connectivity index (χ0) is 39.5. The average Bonchev–Trinajstić information content (AvgIpc) is 3.16. The van der Waals surface area contributed by atoms with Gasteiger partial charge in [-0.1, -0.05) is 187 Å². The summed E-state index contributed by atoms with van der Waals surface area (Å²) in [7, 11) is -4.26. The van der Waals surface area contributed by atoms with Gasteiger partial charge in [0.15, 0.2) is 6.10 Å². The van der Waals surface area contributed by atoms with Crippen LogP contribution in [0.4, 0.5) is 0 Å². The van der Waals surface area contributed by atoms with Gasteiger partial charge in [0.2, 0.25) is 0 Å². The van der Waals surface area contributed by atoms with E-state index in [0.717, 1.165) is 32.1 Å². The van der Waals surface area contributed by atoms with Gasteiger partial charge in [0, 0.05) is 13.0 Å². The van der Waals surface area contributed by atoms with Crippen LogP contribution in [0.25, 0.3) is 0 Å². The highest BCUT2D eigenvalue weighted by atomic mass is 31.2. The summed E-state index contributed by atoms with van der Waals surface area (Å²) < 4.78 is 33.2. The van der Waals surface area contributed by atoms with Crippen molar-refractivity contribution < 1.29 is 32.8 Å². The van der Waals surface area contributed by atoms with Gasteiger partial charge in [-0.25, -0.2) is 4.57 Å². The van der Waals surface area contributed by atoms with Crippen molar-refractivity contribution in [2.45, 2.75) is 232 Å². The number of hydrogen-bond donors (Lipinski definition) is 2. The highest BCUT2D eigenvalue weighted by molar-refractivity contribution is 7.47. The van der Waals surface area contributed by atoms with Gasteiger partial charge < -0.3 is 20.1 Å². The van der Waals surface area contributed by atoms with Crippen LogP contribution in [0.1, 0.15) is 226 Å². The van der Waals surface area contributed by atoms with Crippen molar-refractivity contribution in [3.63, 3.8) is 0 Å². The summed E-state index contributed by atoms with van der Waals surface area (Å²) >= 11 is 0. The van der Waals surface area contributed by atoms with Gasteiger partial charge in [-0.2, -0.15) is 0 Å². The average molecular weight is 786 g/mol. The minimum atomic E-state index is -4.26. The Morgan fingerprint density at radius 3 is 1.37 bits per heavy atom. The van der Waals surface area contributed by atoms with E-state index >= 15 is 0 Å². The van der Waals surface area contributed by atoms with Crippen molar-refractivity contribution in [3.05, 3.63) is 24.5 Å². The first-order chi connectivity index (χ1) is 26.4. The van der Waals surface area contributed by atoms with Crippen molar-refractivity contribution in [2.24, 2.45) is 5.73 Å². The lowest BCUT2D eigenvalue weighted by molar-refractivity contribution is -0.147. The molecule has 0 spiro atoms. The van der Waals surface area contributed by atoms with Gasteiger partial charge in [0.1, 0.15) is 6.61 Å². The van der Waals surface area contributed by atoms with Crippen LogP contribution in [0.2, 0.25) is 0 Å². The lowest BCUT2D eigenvalue weighted by atomic mass is 10.0. The summed E-state index contributed by atoms with van der Waals surface area (Å²) in [6.07, 6.45) is 48.7. The third kappa shape index (κ3) is 42.0. The number of unbranched alkanes of at least 4 members (excludes halogenated alkanes) is 29. The Morgan fingerprint density at radius 2 is 0.944 bits per heavy atom. The molecular formula is C45H88NO7P. The first kappa shape index (κ1) is 52.8. The fourth-order valence-corrected chi connectivity index (χ4v) is 7.27. The third-order valence-corrected chi connectivity index (χ3v) is 10.9. The SMILES string of the molecule is CCCCCCCCC=CCCCCCCCCCCCC(=O)OC[C@H](COP(=O)(O)OCCN)OC=CCCCCCCCCCCCCCCCC. The summed E-state index contributed by atoms with van der Waals surface area (Å²) in [6.45, 7) is 4.24. The minimum absolute atomic E-state index is 0.0617. The molecule has 0 radical (unpaired) electrons. The molecule has 0 rings (SSSR count). The molecule has 54 heavy (non-hydrogen) atoms. The van der Waals surface area contributed by atoms with Crippen LogP contribution in [0, 0.1) is 0 Å². The van der Waals surface area contributed by atoms with Gasteiger partial charge in [-0.3, -0.25) is 13.8 Å². The van der Waals surface area contributed by atoms with E-state index in [0.29, 0.717) is 6.42 Å². The van der Waals surface area contributed by atoms with Crippen LogP contribution < -0.4 is 5.73 Å². The highest BCUT2D eigenvalue weighted by Gasteiger charge is 2.24. The Bertz CT molecular complexity index is 884. The number of rotatable bonds is 44. The maximum Gasteiger partial charge on any atom is 0.472 e. The zero-order valence-corrected chi connectivity index (χ0v) is 36.4. The van der Waals surface area contributed by atoms with Crippen molar-refractivity contribution in [1.82, 2.24) is 0 Å². The molecule has 0 heterocycles. The molecule has 9 heteroatoms. The lowest BCUT2D eigenvalue weighted by Gasteiger charge is -2.19. The molecule has 0 amide bonds. The normalized spacial score (nSPS) is 13.6. The molecular weight excluding hydrogens is 697 g/mol. The molecule has 0 aromatic carbocycles. The molecule has 0 fully saturated rings. The Morgan fingerprint density at radius 1 is 0.556 bits per heavy atom. The van der Waals surface area contributed by atoms with Gasteiger partial charge in [0.25, 0.3) is 0 Å². The van der Waals surface area contributed by atoms with E-state index < -0.39 is 13.9 Å². The maximum absolute atomic E-state index is 12.4. The third-order valence-electron chi connectivity index (χ3n) is 9.96. The predicted octanol–water partition coefficient (Wildman–Crippen LogP) is 14.0. The zero-order valence-electron chi connectivity index (χ0n) is 35.5. The van der Waals surface area contributed by atoms with E-state index in [2.05, 4.69) is 26.0 Å². The topological polar surface area (TPSA) is 117 Å². The van der Waals surface area contributed by atoms with Gasteiger partial charge in [-0.05, 0) is 51.0 Å². The molecule has 0 aliphatic carbocycles. The van der Waals surface area contributed by atoms with Crippen LogP contribution in [0.5, 0.6) is 0 Å². The Balaban J connectivity index is 4.01. The van der Waals surface area contributed by atoms with Crippen molar-refractivity contribution in [3.8, 4) is 0 Å². The predicted molar refractivity (Wildman–Crippen MR) is 229 cm³/mol. The van der Waals surface area contributed by atoms with E-state index in [1.54, 1.807) is 6.26 Å².